The molecule has 2 rings (SSSR count). The molecule has 154 valence electrons. The molecule has 1 saturated heterocycles. The van der Waals surface area contributed by atoms with Crippen molar-refractivity contribution in [1.82, 2.24) is 14.5 Å². The van der Waals surface area contributed by atoms with Crippen molar-refractivity contribution in [3.05, 3.63) is 17.0 Å². The first kappa shape index (κ1) is 22.2. The summed E-state index contributed by atoms with van der Waals surface area (Å²) in [5.41, 5.74) is 0.331. The van der Waals surface area contributed by atoms with Gasteiger partial charge in [0.2, 0.25) is 0 Å². The van der Waals surface area contributed by atoms with Crippen molar-refractivity contribution in [2.45, 2.75) is 51.7 Å². The standard InChI is InChI=1S/C19H34N4O2S2/c1-6-20-18(22-14-12-19(4,5)15-22)21-13-11-16-9-10-17(26-16)27(24,25)23(7-2)8-3/h9-10H,6-8,11-15H2,1-5H3,(H,20,21). The van der Waals surface area contributed by atoms with E-state index in [4.69, 9.17) is 4.99 Å². The summed E-state index contributed by atoms with van der Waals surface area (Å²) in [6, 6.07) is 3.65. The number of rotatable bonds is 8. The van der Waals surface area contributed by atoms with E-state index in [-0.39, 0.29) is 0 Å². The summed E-state index contributed by atoms with van der Waals surface area (Å²) in [5.74, 6) is 0.968. The number of nitrogens with zero attached hydrogens (tertiary/aromatic N) is 3. The summed E-state index contributed by atoms with van der Waals surface area (Å²) in [4.78, 5) is 8.16. The zero-order valence-corrected chi connectivity index (χ0v) is 18.9. The number of hydrogen-bond acceptors (Lipinski definition) is 4. The van der Waals surface area contributed by atoms with Crippen molar-refractivity contribution < 1.29 is 8.42 Å². The Labute approximate surface area is 168 Å². The van der Waals surface area contributed by atoms with E-state index in [1.54, 1.807) is 6.07 Å². The first-order chi connectivity index (χ1) is 12.7. The van der Waals surface area contributed by atoms with Crippen LogP contribution in [0.15, 0.2) is 21.3 Å². The van der Waals surface area contributed by atoms with Crippen LogP contribution in [0, 0.1) is 5.41 Å². The Hall–Kier alpha value is -1.12. The van der Waals surface area contributed by atoms with Crippen molar-refractivity contribution in [3.8, 4) is 0 Å². The molecule has 0 aromatic carbocycles. The van der Waals surface area contributed by atoms with E-state index in [1.807, 2.05) is 19.9 Å². The number of hydrogen-bond donors (Lipinski definition) is 1. The minimum atomic E-state index is -3.36. The smallest absolute Gasteiger partial charge is 0.252 e. The van der Waals surface area contributed by atoms with Gasteiger partial charge in [0.05, 0.1) is 0 Å². The average molecular weight is 415 g/mol. The van der Waals surface area contributed by atoms with Crippen molar-refractivity contribution in [1.29, 1.82) is 0 Å². The molecule has 6 nitrogen and oxygen atoms in total. The quantitative estimate of drug-likeness (QED) is 0.525. The van der Waals surface area contributed by atoms with Crippen molar-refractivity contribution in [2.24, 2.45) is 10.4 Å². The first-order valence-corrected chi connectivity index (χ1v) is 12.1. The van der Waals surface area contributed by atoms with Crippen molar-refractivity contribution >= 4 is 27.3 Å². The van der Waals surface area contributed by atoms with Crippen LogP contribution in [0.1, 0.15) is 45.9 Å². The molecule has 0 radical (unpaired) electrons. The van der Waals surface area contributed by atoms with Crippen LogP contribution >= 0.6 is 11.3 Å². The number of likely N-dealkylation sites (tertiary alicyclic amines) is 1. The van der Waals surface area contributed by atoms with Gasteiger partial charge < -0.3 is 10.2 Å². The number of guanidine groups is 1. The molecule has 0 amide bonds. The molecule has 0 unspecified atom stereocenters. The lowest BCUT2D eigenvalue weighted by Crippen LogP contribution is -2.40. The lowest BCUT2D eigenvalue weighted by atomic mass is 9.93. The molecular formula is C19H34N4O2S2. The zero-order chi connectivity index (χ0) is 20.1. The summed E-state index contributed by atoms with van der Waals surface area (Å²) >= 11 is 1.36. The van der Waals surface area contributed by atoms with Crippen LogP contribution in [0.5, 0.6) is 0 Å². The zero-order valence-electron chi connectivity index (χ0n) is 17.3. The van der Waals surface area contributed by atoms with Gasteiger partial charge in [-0.25, -0.2) is 8.42 Å². The van der Waals surface area contributed by atoms with Gasteiger partial charge in [0.25, 0.3) is 10.0 Å². The molecule has 0 aliphatic carbocycles. The summed E-state index contributed by atoms with van der Waals surface area (Å²) in [6.45, 7) is 14.9. The van der Waals surface area contributed by atoms with Crippen LogP contribution < -0.4 is 5.32 Å². The average Bonchev–Trinajstić information content (AvgIpc) is 3.22. The molecular weight excluding hydrogens is 380 g/mol. The Morgan fingerprint density at radius 1 is 1.30 bits per heavy atom. The van der Waals surface area contributed by atoms with E-state index >= 15 is 0 Å². The van der Waals surface area contributed by atoms with Crippen LogP contribution in [-0.4, -0.2) is 62.9 Å². The second kappa shape index (κ2) is 9.39. The molecule has 1 fully saturated rings. The monoisotopic (exact) mass is 414 g/mol. The molecule has 1 aromatic rings. The highest BCUT2D eigenvalue weighted by molar-refractivity contribution is 7.91. The molecule has 1 aromatic heterocycles. The molecule has 0 atom stereocenters. The van der Waals surface area contributed by atoms with Gasteiger partial charge in [0.15, 0.2) is 5.96 Å². The third kappa shape index (κ3) is 5.68. The van der Waals surface area contributed by atoms with Crippen LogP contribution in [0.4, 0.5) is 0 Å². The number of nitrogens with one attached hydrogen (secondary N) is 1. The number of aliphatic imine (C=N–C) groups is 1. The van der Waals surface area contributed by atoms with Gasteiger partial charge in [-0.2, -0.15) is 4.31 Å². The van der Waals surface area contributed by atoms with E-state index in [2.05, 4.69) is 31.0 Å². The second-order valence-corrected chi connectivity index (χ2v) is 11.0. The van der Waals surface area contributed by atoms with E-state index < -0.39 is 10.0 Å². The summed E-state index contributed by atoms with van der Waals surface area (Å²) < 4.78 is 27.1. The van der Waals surface area contributed by atoms with Crippen molar-refractivity contribution in [2.75, 3.05) is 39.3 Å². The molecule has 27 heavy (non-hydrogen) atoms. The fourth-order valence-electron chi connectivity index (χ4n) is 3.31. The van der Waals surface area contributed by atoms with Crippen molar-refractivity contribution in [3.63, 3.8) is 0 Å². The maximum absolute atomic E-state index is 12.6. The van der Waals surface area contributed by atoms with Gasteiger partial charge in [-0.05, 0) is 30.9 Å². The largest absolute Gasteiger partial charge is 0.357 e. The third-order valence-corrected chi connectivity index (χ3v) is 8.53. The predicted molar refractivity (Wildman–Crippen MR) is 114 cm³/mol. The van der Waals surface area contributed by atoms with Gasteiger partial charge in [-0.1, -0.05) is 27.7 Å². The third-order valence-electron chi connectivity index (χ3n) is 4.87. The molecule has 1 aliphatic rings. The molecule has 0 bridgehead atoms. The van der Waals surface area contributed by atoms with Gasteiger partial charge >= 0.3 is 0 Å². The molecule has 0 spiro atoms. The highest BCUT2D eigenvalue weighted by atomic mass is 32.2. The minimum absolute atomic E-state index is 0.331. The normalized spacial score (nSPS) is 17.7. The maximum atomic E-state index is 12.6. The van der Waals surface area contributed by atoms with Crippen LogP contribution in [0.3, 0.4) is 0 Å². The predicted octanol–water partition coefficient (Wildman–Crippen LogP) is 3.02. The SMILES string of the molecule is CCNC(=NCCc1ccc(S(=O)(=O)N(CC)CC)s1)N1CCC(C)(C)C1. The fourth-order valence-corrected chi connectivity index (χ4v) is 6.27. The molecule has 1 aliphatic heterocycles. The van der Waals surface area contributed by atoms with Gasteiger partial charge in [-0.3, -0.25) is 4.99 Å². The Morgan fingerprint density at radius 2 is 2.00 bits per heavy atom. The summed E-state index contributed by atoms with van der Waals surface area (Å²) in [6.07, 6.45) is 1.93. The highest BCUT2D eigenvalue weighted by Gasteiger charge is 2.30. The first-order valence-electron chi connectivity index (χ1n) is 9.85. The Morgan fingerprint density at radius 3 is 2.56 bits per heavy atom. The molecule has 0 saturated carbocycles. The lowest BCUT2D eigenvalue weighted by Gasteiger charge is -2.23. The van der Waals surface area contributed by atoms with E-state index in [1.165, 1.54) is 22.1 Å². The minimum Gasteiger partial charge on any atom is -0.357 e. The Bertz CT molecular complexity index is 737. The lowest BCUT2D eigenvalue weighted by molar-refractivity contribution is 0.370. The van der Waals surface area contributed by atoms with Crippen LogP contribution in [0.2, 0.25) is 0 Å². The van der Waals surface area contributed by atoms with Gasteiger partial charge in [0.1, 0.15) is 4.21 Å². The second-order valence-electron chi connectivity index (χ2n) is 7.63. The maximum Gasteiger partial charge on any atom is 0.252 e. The van der Waals surface area contributed by atoms with Gasteiger partial charge in [-0.15, -0.1) is 11.3 Å². The molecule has 8 heteroatoms. The summed E-state index contributed by atoms with van der Waals surface area (Å²) in [5, 5.41) is 3.38. The number of thiophene rings is 1. The molecule has 1 N–H and O–H groups in total. The summed E-state index contributed by atoms with van der Waals surface area (Å²) in [7, 11) is -3.36. The number of sulfonamides is 1. The topological polar surface area (TPSA) is 65.0 Å². The van der Waals surface area contributed by atoms with E-state index in [9.17, 15) is 8.42 Å². The highest BCUT2D eigenvalue weighted by Crippen LogP contribution is 2.29. The van der Waals surface area contributed by atoms with Gasteiger partial charge in [0, 0.05) is 50.6 Å². The van der Waals surface area contributed by atoms with Crippen LogP contribution in [0.25, 0.3) is 0 Å². The fraction of sp³-hybridized carbons (Fsp3) is 0.737. The van der Waals surface area contributed by atoms with E-state index in [0.717, 1.165) is 36.9 Å². The van der Waals surface area contributed by atoms with E-state index in [0.29, 0.717) is 29.3 Å². The Kier molecular flexibility index (Phi) is 7.71. The molecule has 2 heterocycles. The Balaban J connectivity index is 2.01. The van der Waals surface area contributed by atoms with Crippen LogP contribution in [-0.2, 0) is 16.4 Å².